The van der Waals surface area contributed by atoms with E-state index in [1.807, 2.05) is 31.2 Å². The Hall–Kier alpha value is -3.02. The van der Waals surface area contributed by atoms with E-state index in [2.05, 4.69) is 11.8 Å². The van der Waals surface area contributed by atoms with Gasteiger partial charge < -0.3 is 14.6 Å². The highest BCUT2D eigenvalue weighted by atomic mass is 35.5. The van der Waals surface area contributed by atoms with Crippen molar-refractivity contribution in [2.45, 2.75) is 26.4 Å². The summed E-state index contributed by atoms with van der Waals surface area (Å²) in [6, 6.07) is 17.6. The van der Waals surface area contributed by atoms with Crippen molar-refractivity contribution >= 4 is 22.7 Å². The minimum Gasteiger partial charge on any atom is -0.508 e. The second-order valence-electron chi connectivity index (χ2n) is 9.27. The first kappa shape index (κ1) is 23.7. The van der Waals surface area contributed by atoms with E-state index < -0.39 is 11.9 Å². The Morgan fingerprint density at radius 2 is 1.86 bits per heavy atom. The van der Waals surface area contributed by atoms with Crippen LogP contribution in [0.1, 0.15) is 43.1 Å². The molecular weight excluding hydrogens is 465 g/mol. The third kappa shape index (κ3) is 4.75. The number of phenolic OH excluding ortho intramolecular Hbond substituents is 1. The van der Waals surface area contributed by atoms with Gasteiger partial charge in [0.1, 0.15) is 35.8 Å². The summed E-state index contributed by atoms with van der Waals surface area (Å²) in [7, 11) is 0. The molecule has 3 aromatic rings. The minimum absolute atomic E-state index is 0.0512. The van der Waals surface area contributed by atoms with E-state index in [1.165, 1.54) is 12.5 Å². The Labute approximate surface area is 210 Å². The molecule has 0 aromatic heterocycles. The molecule has 0 saturated carbocycles. The number of rotatable bonds is 7. The molecule has 4 nitrogen and oxygen atoms in total. The molecule has 1 fully saturated rings. The normalized spacial score (nSPS) is 18.1. The number of allylic oxidation sites excluding steroid dienone is 1. The second kappa shape index (κ2) is 9.92. The Bertz CT molecular complexity index is 1250. The topological polar surface area (TPSA) is 41.9 Å². The standard InChI is InChI=1S/C29H29ClFNO3/c1-3-19-16-32(17-19)13-14-34-22-10-7-20(8-11-22)29-27(23-5-4-6-25(31)28(23)30)18(2)24-15-21(33)9-12-26(24)35-29/h4-12,15,19,29,33H,3,13-14,16-17H2,1-2H3/t29-/m1/s1. The van der Waals surface area contributed by atoms with Crippen LogP contribution in [0.4, 0.5) is 4.39 Å². The first-order valence-electron chi connectivity index (χ1n) is 12.0. The van der Waals surface area contributed by atoms with Gasteiger partial charge in [0.2, 0.25) is 0 Å². The number of likely N-dealkylation sites (tertiary alicyclic amines) is 1. The van der Waals surface area contributed by atoms with Crippen LogP contribution in [0.15, 0.2) is 60.7 Å². The summed E-state index contributed by atoms with van der Waals surface area (Å²) in [5, 5.41) is 10.1. The molecule has 0 unspecified atom stereocenters. The summed E-state index contributed by atoms with van der Waals surface area (Å²) in [5.74, 6) is 1.94. The van der Waals surface area contributed by atoms with Gasteiger partial charge in [-0.05, 0) is 60.4 Å². The number of hydrogen-bond acceptors (Lipinski definition) is 4. The van der Waals surface area contributed by atoms with Crippen molar-refractivity contribution in [2.24, 2.45) is 5.92 Å². The van der Waals surface area contributed by atoms with Crippen molar-refractivity contribution in [3.63, 3.8) is 0 Å². The van der Waals surface area contributed by atoms with Crippen molar-refractivity contribution in [2.75, 3.05) is 26.2 Å². The van der Waals surface area contributed by atoms with Gasteiger partial charge >= 0.3 is 0 Å². The van der Waals surface area contributed by atoms with Crippen LogP contribution in [0.2, 0.25) is 5.02 Å². The maximum absolute atomic E-state index is 14.4. The molecule has 1 N–H and O–H groups in total. The third-order valence-corrected chi connectivity index (χ3v) is 7.37. The fraction of sp³-hybridized carbons (Fsp3) is 0.310. The van der Waals surface area contributed by atoms with Gasteiger partial charge in [-0.25, -0.2) is 4.39 Å². The molecule has 6 heteroatoms. The van der Waals surface area contributed by atoms with Crippen molar-refractivity contribution in [1.29, 1.82) is 0 Å². The first-order valence-corrected chi connectivity index (χ1v) is 12.4. The van der Waals surface area contributed by atoms with Gasteiger partial charge in [-0.1, -0.05) is 49.2 Å². The van der Waals surface area contributed by atoms with Gasteiger partial charge in [-0.15, -0.1) is 0 Å². The van der Waals surface area contributed by atoms with E-state index in [0.29, 0.717) is 17.9 Å². The molecule has 1 atom stereocenters. The number of nitrogens with zero attached hydrogens (tertiary/aromatic N) is 1. The minimum atomic E-state index is -0.493. The number of aromatic hydroxyl groups is 1. The van der Waals surface area contributed by atoms with E-state index in [4.69, 9.17) is 21.1 Å². The molecule has 35 heavy (non-hydrogen) atoms. The van der Waals surface area contributed by atoms with Gasteiger partial charge in [-0.2, -0.15) is 0 Å². The molecule has 3 aromatic carbocycles. The van der Waals surface area contributed by atoms with Crippen LogP contribution >= 0.6 is 11.6 Å². The Kier molecular flexibility index (Phi) is 6.72. The maximum Gasteiger partial charge on any atom is 0.150 e. The summed E-state index contributed by atoms with van der Waals surface area (Å²) in [4.78, 5) is 2.41. The van der Waals surface area contributed by atoms with E-state index in [-0.39, 0.29) is 10.8 Å². The largest absolute Gasteiger partial charge is 0.508 e. The molecular formula is C29H29ClFNO3. The summed E-state index contributed by atoms with van der Waals surface area (Å²) < 4.78 is 26.8. The van der Waals surface area contributed by atoms with E-state index >= 15 is 0 Å². The van der Waals surface area contributed by atoms with Gasteiger partial charge in [0, 0.05) is 36.3 Å². The van der Waals surface area contributed by atoms with Crippen LogP contribution in [0.3, 0.4) is 0 Å². The van der Waals surface area contributed by atoms with Crippen LogP contribution in [-0.2, 0) is 0 Å². The van der Waals surface area contributed by atoms with Gasteiger partial charge in [-0.3, -0.25) is 4.90 Å². The molecule has 0 radical (unpaired) electrons. The molecule has 5 rings (SSSR count). The van der Waals surface area contributed by atoms with Crippen molar-refractivity contribution < 1.29 is 19.0 Å². The number of hydrogen-bond donors (Lipinski definition) is 1. The molecule has 0 bridgehead atoms. The number of phenols is 1. The molecule has 2 aliphatic heterocycles. The lowest BCUT2D eigenvalue weighted by molar-refractivity contribution is 0.0806. The summed E-state index contributed by atoms with van der Waals surface area (Å²) in [5.41, 5.74) is 3.87. The maximum atomic E-state index is 14.4. The van der Waals surface area contributed by atoms with Crippen molar-refractivity contribution in [3.05, 3.63) is 88.2 Å². The Morgan fingerprint density at radius 3 is 2.60 bits per heavy atom. The Balaban J connectivity index is 1.41. The van der Waals surface area contributed by atoms with E-state index in [0.717, 1.165) is 53.6 Å². The number of ether oxygens (including phenoxy) is 2. The third-order valence-electron chi connectivity index (χ3n) is 6.99. The zero-order chi connectivity index (χ0) is 24.5. The summed E-state index contributed by atoms with van der Waals surface area (Å²) in [6.45, 7) is 8.08. The Morgan fingerprint density at radius 1 is 1.09 bits per heavy atom. The van der Waals surface area contributed by atoms with Crippen LogP contribution in [-0.4, -0.2) is 36.2 Å². The van der Waals surface area contributed by atoms with E-state index in [1.54, 1.807) is 30.3 Å². The smallest absolute Gasteiger partial charge is 0.150 e. The molecule has 2 aliphatic rings. The van der Waals surface area contributed by atoms with Gasteiger partial charge in [0.25, 0.3) is 0 Å². The number of halogens is 2. The zero-order valence-corrected chi connectivity index (χ0v) is 20.7. The summed E-state index contributed by atoms with van der Waals surface area (Å²) >= 11 is 6.41. The van der Waals surface area contributed by atoms with Crippen LogP contribution in [0, 0.1) is 11.7 Å². The highest BCUT2D eigenvalue weighted by Gasteiger charge is 2.31. The molecule has 2 heterocycles. The van der Waals surface area contributed by atoms with Gasteiger partial charge in [0.15, 0.2) is 0 Å². The van der Waals surface area contributed by atoms with Crippen LogP contribution < -0.4 is 9.47 Å². The second-order valence-corrected chi connectivity index (χ2v) is 9.65. The molecule has 0 amide bonds. The quantitative estimate of drug-likeness (QED) is 0.386. The number of fused-ring (bicyclic) bond motifs is 1. The predicted octanol–water partition coefficient (Wildman–Crippen LogP) is 6.97. The highest BCUT2D eigenvalue weighted by molar-refractivity contribution is 6.33. The lowest BCUT2D eigenvalue weighted by Crippen LogP contribution is -2.47. The van der Waals surface area contributed by atoms with Crippen LogP contribution in [0.25, 0.3) is 11.1 Å². The van der Waals surface area contributed by atoms with E-state index in [9.17, 15) is 9.50 Å². The van der Waals surface area contributed by atoms with Crippen molar-refractivity contribution in [3.8, 4) is 17.2 Å². The summed E-state index contributed by atoms with van der Waals surface area (Å²) in [6.07, 6.45) is 0.747. The monoisotopic (exact) mass is 493 g/mol. The fourth-order valence-corrected chi connectivity index (χ4v) is 5.11. The number of benzene rings is 3. The zero-order valence-electron chi connectivity index (χ0n) is 19.9. The molecule has 0 spiro atoms. The molecule has 182 valence electrons. The highest BCUT2D eigenvalue weighted by Crippen LogP contribution is 2.49. The molecule has 0 aliphatic carbocycles. The first-order chi connectivity index (χ1) is 16.9. The lowest BCUT2D eigenvalue weighted by atomic mass is 9.86. The van der Waals surface area contributed by atoms with Crippen LogP contribution in [0.5, 0.6) is 17.2 Å². The SMILES string of the molecule is CCC1CN(CCOc2ccc([C@H]3Oc4ccc(O)cc4C(C)=C3c3cccc(F)c3Cl)cc2)C1. The van der Waals surface area contributed by atoms with Crippen molar-refractivity contribution in [1.82, 2.24) is 4.90 Å². The fourth-order valence-electron chi connectivity index (χ4n) is 4.88. The lowest BCUT2D eigenvalue weighted by Gasteiger charge is -2.38. The molecule has 1 saturated heterocycles. The average Bonchev–Trinajstić information content (AvgIpc) is 2.83. The average molecular weight is 494 g/mol. The van der Waals surface area contributed by atoms with Gasteiger partial charge in [0.05, 0.1) is 5.02 Å². The predicted molar refractivity (Wildman–Crippen MR) is 138 cm³/mol.